The van der Waals surface area contributed by atoms with E-state index >= 15 is 0 Å². The molecule has 110 valence electrons. The fourth-order valence-electron chi connectivity index (χ4n) is 1.83. The van der Waals surface area contributed by atoms with Crippen LogP contribution in [0.1, 0.15) is 17.5 Å². The molecule has 1 aliphatic rings. The quantitative estimate of drug-likeness (QED) is 0.739. The number of rotatable bonds is 3. The minimum Gasteiger partial charge on any atom is -0.395 e. The number of hydrogen-bond acceptors (Lipinski definition) is 4. The number of carbonyl (C=O) groups excluding carboxylic acids is 2. The molecule has 1 fully saturated rings. The largest absolute Gasteiger partial charge is 0.395 e. The molecule has 0 bridgehead atoms. The van der Waals surface area contributed by atoms with Crippen molar-refractivity contribution in [2.45, 2.75) is 19.4 Å². The summed E-state index contributed by atoms with van der Waals surface area (Å²) >= 11 is 1.10. The molecule has 5 nitrogen and oxygen atoms in total. The normalized spacial score (nSPS) is 16.9. The molecule has 1 unspecified atom stereocenters. The summed E-state index contributed by atoms with van der Waals surface area (Å²) in [4.78, 5) is 23.2. The lowest BCUT2D eigenvalue weighted by atomic mass is 10.1. The topological polar surface area (TPSA) is 78.4 Å². The number of anilines is 1. The minimum atomic E-state index is -0.512. The molecule has 2 rings (SSSR count). The van der Waals surface area contributed by atoms with E-state index in [1.54, 1.807) is 6.07 Å². The second-order valence-electron chi connectivity index (χ2n) is 4.61. The van der Waals surface area contributed by atoms with Gasteiger partial charge in [0.25, 0.3) is 5.24 Å². The molecule has 0 spiro atoms. The van der Waals surface area contributed by atoms with Gasteiger partial charge in [0.05, 0.1) is 12.3 Å². The van der Waals surface area contributed by atoms with Crippen molar-refractivity contribution in [2.75, 3.05) is 17.7 Å². The van der Waals surface area contributed by atoms with Crippen LogP contribution in [-0.2, 0) is 4.79 Å². The number of nitrogens with one attached hydrogen (secondary N) is 2. The Morgan fingerprint density at radius 2 is 2.38 bits per heavy atom. The SMILES string of the molecule is Cc1ccc(NC(=O)C2CSC(=O)N2)c(C#CCCO)c1. The summed E-state index contributed by atoms with van der Waals surface area (Å²) in [7, 11) is 0. The second kappa shape index (κ2) is 7.16. The molecule has 2 amide bonds. The molecule has 0 saturated carbocycles. The molecule has 6 heteroatoms. The third-order valence-corrected chi connectivity index (χ3v) is 3.76. The smallest absolute Gasteiger partial charge is 0.279 e. The number of aliphatic hydroxyl groups excluding tert-OH is 1. The van der Waals surface area contributed by atoms with Crippen molar-refractivity contribution in [1.82, 2.24) is 5.32 Å². The van der Waals surface area contributed by atoms with Crippen LogP contribution in [0.2, 0.25) is 0 Å². The van der Waals surface area contributed by atoms with E-state index in [4.69, 9.17) is 5.11 Å². The fourth-order valence-corrected chi connectivity index (χ4v) is 2.61. The summed E-state index contributed by atoms with van der Waals surface area (Å²) in [6.45, 7) is 1.95. The van der Waals surface area contributed by atoms with E-state index < -0.39 is 6.04 Å². The van der Waals surface area contributed by atoms with Gasteiger partial charge in [-0.05, 0) is 24.6 Å². The fraction of sp³-hybridized carbons (Fsp3) is 0.333. The average Bonchev–Trinajstić information content (AvgIpc) is 2.88. The van der Waals surface area contributed by atoms with Crippen LogP contribution in [0.15, 0.2) is 18.2 Å². The van der Waals surface area contributed by atoms with E-state index in [2.05, 4.69) is 22.5 Å². The Morgan fingerprint density at radius 1 is 1.57 bits per heavy atom. The van der Waals surface area contributed by atoms with Crippen molar-refractivity contribution >= 4 is 28.6 Å². The zero-order chi connectivity index (χ0) is 15.2. The van der Waals surface area contributed by atoms with E-state index in [0.29, 0.717) is 23.4 Å². The van der Waals surface area contributed by atoms with Crippen LogP contribution < -0.4 is 10.6 Å². The summed E-state index contributed by atoms with van der Waals surface area (Å²) in [6.07, 6.45) is 0.386. The maximum absolute atomic E-state index is 12.1. The van der Waals surface area contributed by atoms with E-state index in [1.165, 1.54) is 0 Å². The molecule has 1 saturated heterocycles. The number of amides is 2. The van der Waals surface area contributed by atoms with Gasteiger partial charge in [0.1, 0.15) is 6.04 Å². The van der Waals surface area contributed by atoms with E-state index in [0.717, 1.165) is 17.3 Å². The molecule has 21 heavy (non-hydrogen) atoms. The van der Waals surface area contributed by atoms with Gasteiger partial charge in [-0.2, -0.15) is 0 Å². The molecule has 1 aliphatic heterocycles. The summed E-state index contributed by atoms with van der Waals surface area (Å²) in [5.41, 5.74) is 2.35. The van der Waals surface area contributed by atoms with Crippen LogP contribution in [0.4, 0.5) is 10.5 Å². The zero-order valence-corrected chi connectivity index (χ0v) is 12.4. The van der Waals surface area contributed by atoms with Gasteiger partial charge in [-0.3, -0.25) is 9.59 Å². The first-order chi connectivity index (χ1) is 10.1. The summed E-state index contributed by atoms with van der Waals surface area (Å²) in [5.74, 6) is 5.97. The zero-order valence-electron chi connectivity index (χ0n) is 11.6. The van der Waals surface area contributed by atoms with Crippen molar-refractivity contribution in [3.05, 3.63) is 29.3 Å². The Hall–Kier alpha value is -1.97. The molecule has 1 aromatic carbocycles. The maximum atomic E-state index is 12.1. The van der Waals surface area contributed by atoms with Crippen molar-refractivity contribution in [3.63, 3.8) is 0 Å². The number of aliphatic hydroxyl groups is 1. The number of carbonyl (C=O) groups is 2. The molecule has 0 aromatic heterocycles. The van der Waals surface area contributed by atoms with Gasteiger partial charge in [-0.15, -0.1) is 0 Å². The van der Waals surface area contributed by atoms with Gasteiger partial charge in [0.2, 0.25) is 5.91 Å². The first-order valence-electron chi connectivity index (χ1n) is 6.54. The Bertz CT molecular complexity index is 619. The Balaban J connectivity index is 2.14. The van der Waals surface area contributed by atoms with Crippen LogP contribution in [0.25, 0.3) is 0 Å². The number of hydrogen-bond donors (Lipinski definition) is 3. The van der Waals surface area contributed by atoms with E-state index in [-0.39, 0.29) is 17.8 Å². The number of benzene rings is 1. The molecular formula is C15H16N2O3S. The maximum Gasteiger partial charge on any atom is 0.279 e. The lowest BCUT2D eigenvalue weighted by molar-refractivity contribution is -0.117. The molecule has 1 atom stereocenters. The van der Waals surface area contributed by atoms with Gasteiger partial charge in [0.15, 0.2) is 0 Å². The monoisotopic (exact) mass is 304 g/mol. The standard InChI is InChI=1S/C15H16N2O3S/c1-10-5-6-12(11(8-10)4-2-3-7-18)16-14(19)13-9-21-15(20)17-13/h5-6,8,13,18H,3,7,9H2,1H3,(H,16,19)(H,17,20). The molecule has 0 radical (unpaired) electrons. The van der Waals surface area contributed by atoms with Crippen LogP contribution in [0.3, 0.4) is 0 Å². The van der Waals surface area contributed by atoms with Gasteiger partial charge in [-0.1, -0.05) is 29.7 Å². The molecular weight excluding hydrogens is 288 g/mol. The van der Waals surface area contributed by atoms with Gasteiger partial charge in [0, 0.05) is 17.7 Å². The van der Waals surface area contributed by atoms with Crippen molar-refractivity contribution < 1.29 is 14.7 Å². The first-order valence-corrected chi connectivity index (χ1v) is 7.53. The molecule has 3 N–H and O–H groups in total. The van der Waals surface area contributed by atoms with Gasteiger partial charge < -0.3 is 15.7 Å². The summed E-state index contributed by atoms with van der Waals surface area (Å²) in [6, 6.07) is 5.04. The van der Waals surface area contributed by atoms with Crippen molar-refractivity contribution in [1.29, 1.82) is 0 Å². The third-order valence-electron chi connectivity index (χ3n) is 2.88. The highest BCUT2D eigenvalue weighted by molar-refractivity contribution is 8.14. The highest BCUT2D eigenvalue weighted by Crippen LogP contribution is 2.19. The number of aryl methyl sites for hydroxylation is 1. The van der Waals surface area contributed by atoms with Crippen LogP contribution in [-0.4, -0.2) is 34.7 Å². The Kier molecular flexibility index (Phi) is 5.26. The highest BCUT2D eigenvalue weighted by Gasteiger charge is 2.28. The number of thioether (sulfide) groups is 1. The Labute approximate surface area is 127 Å². The van der Waals surface area contributed by atoms with Crippen molar-refractivity contribution in [3.8, 4) is 11.8 Å². The predicted molar refractivity (Wildman–Crippen MR) is 83.2 cm³/mol. The summed E-state index contributed by atoms with van der Waals surface area (Å²) < 4.78 is 0. The molecule has 1 aromatic rings. The van der Waals surface area contributed by atoms with Gasteiger partial charge in [-0.25, -0.2) is 0 Å². The molecule has 0 aliphatic carbocycles. The minimum absolute atomic E-state index is 0.00579. The Morgan fingerprint density at radius 3 is 3.05 bits per heavy atom. The lowest BCUT2D eigenvalue weighted by Crippen LogP contribution is -2.38. The van der Waals surface area contributed by atoms with Crippen LogP contribution in [0, 0.1) is 18.8 Å². The van der Waals surface area contributed by atoms with Crippen molar-refractivity contribution in [2.24, 2.45) is 0 Å². The third kappa shape index (κ3) is 4.25. The second-order valence-corrected chi connectivity index (χ2v) is 5.60. The van der Waals surface area contributed by atoms with Crippen LogP contribution in [0.5, 0.6) is 0 Å². The van der Waals surface area contributed by atoms with E-state index in [1.807, 2.05) is 19.1 Å². The van der Waals surface area contributed by atoms with E-state index in [9.17, 15) is 9.59 Å². The highest BCUT2D eigenvalue weighted by atomic mass is 32.2. The first kappa shape index (κ1) is 15.4. The lowest BCUT2D eigenvalue weighted by Gasteiger charge is -2.12. The molecule has 1 heterocycles. The average molecular weight is 304 g/mol. The van der Waals surface area contributed by atoms with Gasteiger partial charge >= 0.3 is 0 Å². The van der Waals surface area contributed by atoms with Crippen LogP contribution >= 0.6 is 11.8 Å². The summed E-state index contributed by atoms with van der Waals surface area (Å²) in [5, 5.41) is 14.0. The predicted octanol–water partition coefficient (Wildman–Crippen LogP) is 1.49.